The lowest BCUT2D eigenvalue weighted by atomic mass is 10.0. The third kappa shape index (κ3) is 3.20. The molecule has 6 heteroatoms. The molecule has 4 nitrogen and oxygen atoms in total. The minimum absolute atomic E-state index is 0.138. The number of fused-ring (bicyclic) bond motifs is 2. The van der Waals surface area contributed by atoms with Crippen LogP contribution in [0, 0.1) is 6.92 Å². The second-order valence-electron chi connectivity index (χ2n) is 7.09. The summed E-state index contributed by atoms with van der Waals surface area (Å²) in [6, 6.07) is 19.5. The summed E-state index contributed by atoms with van der Waals surface area (Å²) in [5.74, 6) is 2.27. The van der Waals surface area contributed by atoms with Crippen molar-refractivity contribution in [2.75, 3.05) is 5.32 Å². The summed E-state index contributed by atoms with van der Waals surface area (Å²) in [6.07, 6.45) is 0. The van der Waals surface area contributed by atoms with Gasteiger partial charge in [0.2, 0.25) is 0 Å². The molecule has 0 radical (unpaired) electrons. The zero-order chi connectivity index (χ0) is 20.0. The van der Waals surface area contributed by atoms with Crippen LogP contribution in [0.2, 0.25) is 5.02 Å². The lowest BCUT2D eigenvalue weighted by Gasteiger charge is -2.13. The molecule has 0 fully saturated rings. The Labute approximate surface area is 177 Å². The van der Waals surface area contributed by atoms with Crippen LogP contribution in [-0.2, 0) is 11.5 Å². The standard InChI is InChI=1S/C23H18ClN3OS/c1-14-9-10-16(11-20(14)24)27-22(19-12-29-13-21(19)26-27)25-23(28)18-8-4-6-15-5-2-3-7-17(15)18/h2-11H,12-13H2,1H3,(H,25,28). The van der Waals surface area contributed by atoms with E-state index in [-0.39, 0.29) is 5.91 Å². The van der Waals surface area contributed by atoms with E-state index in [1.54, 1.807) is 16.4 Å². The van der Waals surface area contributed by atoms with Crippen molar-refractivity contribution in [2.45, 2.75) is 18.4 Å². The minimum atomic E-state index is -0.138. The van der Waals surface area contributed by atoms with Crippen molar-refractivity contribution in [3.63, 3.8) is 0 Å². The fourth-order valence-electron chi connectivity index (χ4n) is 3.64. The first-order chi connectivity index (χ1) is 14.1. The summed E-state index contributed by atoms with van der Waals surface area (Å²) in [5, 5.41) is 10.6. The first-order valence-corrected chi connectivity index (χ1v) is 10.9. The van der Waals surface area contributed by atoms with Crippen molar-refractivity contribution in [1.29, 1.82) is 0 Å². The van der Waals surface area contributed by atoms with Crippen LogP contribution in [0.25, 0.3) is 16.5 Å². The second-order valence-corrected chi connectivity index (χ2v) is 8.49. The topological polar surface area (TPSA) is 46.9 Å². The van der Waals surface area contributed by atoms with Crippen molar-refractivity contribution in [2.24, 2.45) is 0 Å². The van der Waals surface area contributed by atoms with Gasteiger partial charge >= 0.3 is 0 Å². The summed E-state index contributed by atoms with van der Waals surface area (Å²) in [6.45, 7) is 1.97. The molecule has 0 bridgehead atoms. The third-order valence-corrected chi connectivity index (χ3v) is 6.60. The number of halogens is 1. The minimum Gasteiger partial charge on any atom is -0.306 e. The Kier molecular flexibility index (Phi) is 4.57. The van der Waals surface area contributed by atoms with Crippen LogP contribution < -0.4 is 5.32 Å². The second kappa shape index (κ2) is 7.25. The number of hydrogen-bond acceptors (Lipinski definition) is 3. The molecule has 0 saturated heterocycles. The summed E-state index contributed by atoms with van der Waals surface area (Å²) in [4.78, 5) is 13.2. The Morgan fingerprint density at radius 3 is 2.79 bits per heavy atom. The SMILES string of the molecule is Cc1ccc(-n2nc3c(c2NC(=O)c2cccc4ccccc24)CSC3)cc1Cl. The number of amides is 1. The number of aryl methyl sites for hydroxylation is 1. The van der Waals surface area contributed by atoms with E-state index in [9.17, 15) is 4.79 Å². The molecule has 0 atom stereocenters. The van der Waals surface area contributed by atoms with Gasteiger partial charge in [-0.25, -0.2) is 4.68 Å². The number of carbonyl (C=O) groups excluding carboxylic acids is 1. The van der Waals surface area contributed by atoms with Gasteiger partial charge in [0.1, 0.15) is 5.82 Å². The molecule has 0 saturated carbocycles. The van der Waals surface area contributed by atoms with Gasteiger partial charge in [0.05, 0.1) is 11.4 Å². The van der Waals surface area contributed by atoms with Crippen molar-refractivity contribution in [3.8, 4) is 5.69 Å². The molecular weight excluding hydrogens is 402 g/mol. The summed E-state index contributed by atoms with van der Waals surface area (Å²) in [7, 11) is 0. The number of carbonyl (C=O) groups is 1. The Hall–Kier alpha value is -2.76. The lowest BCUT2D eigenvalue weighted by molar-refractivity contribution is 0.102. The van der Waals surface area contributed by atoms with E-state index in [0.29, 0.717) is 10.6 Å². The van der Waals surface area contributed by atoms with Gasteiger partial charge in [0.15, 0.2) is 0 Å². The maximum atomic E-state index is 13.2. The van der Waals surface area contributed by atoms with Gasteiger partial charge in [-0.1, -0.05) is 54.1 Å². The van der Waals surface area contributed by atoms with Gasteiger partial charge in [-0.15, -0.1) is 0 Å². The highest BCUT2D eigenvalue weighted by atomic mass is 35.5. The van der Waals surface area contributed by atoms with Crippen LogP contribution >= 0.6 is 23.4 Å². The van der Waals surface area contributed by atoms with Crippen LogP contribution in [0.5, 0.6) is 0 Å². The number of nitrogens with one attached hydrogen (secondary N) is 1. The highest BCUT2D eigenvalue weighted by Gasteiger charge is 2.25. The quantitative estimate of drug-likeness (QED) is 0.444. The Morgan fingerprint density at radius 1 is 1.10 bits per heavy atom. The third-order valence-electron chi connectivity index (χ3n) is 5.22. The normalized spacial score (nSPS) is 12.9. The molecule has 1 aliphatic rings. The van der Waals surface area contributed by atoms with Gasteiger partial charge in [-0.3, -0.25) is 4.79 Å². The molecule has 2 heterocycles. The van der Waals surface area contributed by atoms with E-state index >= 15 is 0 Å². The van der Waals surface area contributed by atoms with E-state index in [4.69, 9.17) is 16.7 Å². The fourth-order valence-corrected chi connectivity index (χ4v) is 4.85. The summed E-state index contributed by atoms with van der Waals surface area (Å²) < 4.78 is 1.80. The Balaban J connectivity index is 1.59. The Morgan fingerprint density at radius 2 is 1.93 bits per heavy atom. The zero-order valence-corrected chi connectivity index (χ0v) is 17.3. The van der Waals surface area contributed by atoms with Crippen molar-refractivity contribution in [1.82, 2.24) is 9.78 Å². The van der Waals surface area contributed by atoms with Gasteiger partial charge in [0, 0.05) is 27.7 Å². The monoisotopic (exact) mass is 419 g/mol. The van der Waals surface area contributed by atoms with E-state index in [0.717, 1.165) is 50.6 Å². The van der Waals surface area contributed by atoms with Gasteiger partial charge in [-0.2, -0.15) is 16.9 Å². The summed E-state index contributed by atoms with van der Waals surface area (Å²) >= 11 is 8.15. The van der Waals surface area contributed by atoms with Crippen LogP contribution in [-0.4, -0.2) is 15.7 Å². The van der Waals surface area contributed by atoms with Gasteiger partial charge in [-0.05, 0) is 41.5 Å². The average molecular weight is 420 g/mol. The van der Waals surface area contributed by atoms with Crippen molar-refractivity contribution in [3.05, 3.63) is 88.1 Å². The van der Waals surface area contributed by atoms with E-state index in [1.165, 1.54) is 0 Å². The highest BCUT2D eigenvalue weighted by molar-refractivity contribution is 7.98. The largest absolute Gasteiger partial charge is 0.306 e. The average Bonchev–Trinajstić information content (AvgIpc) is 3.32. The highest BCUT2D eigenvalue weighted by Crippen LogP contribution is 2.37. The van der Waals surface area contributed by atoms with Crippen LogP contribution in [0.1, 0.15) is 27.2 Å². The molecular formula is C23H18ClN3OS. The molecule has 5 rings (SSSR count). The number of nitrogens with zero attached hydrogens (tertiary/aromatic N) is 2. The molecule has 144 valence electrons. The van der Waals surface area contributed by atoms with Crippen LogP contribution in [0.4, 0.5) is 5.82 Å². The van der Waals surface area contributed by atoms with Crippen molar-refractivity contribution >= 4 is 45.9 Å². The molecule has 0 unspecified atom stereocenters. The van der Waals surface area contributed by atoms with Gasteiger partial charge < -0.3 is 5.32 Å². The Bertz CT molecular complexity index is 1260. The van der Waals surface area contributed by atoms with E-state index in [2.05, 4.69) is 5.32 Å². The maximum absolute atomic E-state index is 13.2. The van der Waals surface area contributed by atoms with Crippen LogP contribution in [0.15, 0.2) is 60.7 Å². The molecule has 3 aromatic carbocycles. The molecule has 4 aromatic rings. The first kappa shape index (κ1) is 18.3. The molecule has 1 N–H and O–H groups in total. The lowest BCUT2D eigenvalue weighted by Crippen LogP contribution is -2.16. The smallest absolute Gasteiger partial charge is 0.257 e. The molecule has 1 amide bonds. The fraction of sp³-hybridized carbons (Fsp3) is 0.130. The molecule has 0 aliphatic carbocycles. The van der Waals surface area contributed by atoms with Crippen molar-refractivity contribution < 1.29 is 4.79 Å². The summed E-state index contributed by atoms with van der Waals surface area (Å²) in [5.41, 5.74) is 4.60. The number of thioether (sulfide) groups is 1. The van der Waals surface area contributed by atoms with E-state index < -0.39 is 0 Å². The predicted octanol–water partition coefficient (Wildman–Crippen LogP) is 5.99. The molecule has 1 aliphatic heterocycles. The zero-order valence-electron chi connectivity index (χ0n) is 15.8. The number of anilines is 1. The molecule has 0 spiro atoms. The van der Waals surface area contributed by atoms with E-state index in [1.807, 2.05) is 67.6 Å². The van der Waals surface area contributed by atoms with Gasteiger partial charge in [0.25, 0.3) is 5.91 Å². The number of hydrogen-bond donors (Lipinski definition) is 1. The number of aromatic nitrogens is 2. The first-order valence-electron chi connectivity index (χ1n) is 9.36. The van der Waals surface area contributed by atoms with Crippen LogP contribution in [0.3, 0.4) is 0 Å². The molecule has 29 heavy (non-hydrogen) atoms. The predicted molar refractivity (Wildman–Crippen MR) is 120 cm³/mol. The number of rotatable bonds is 3. The maximum Gasteiger partial charge on any atom is 0.257 e. The molecule has 1 aromatic heterocycles. The number of benzene rings is 3.